The summed E-state index contributed by atoms with van der Waals surface area (Å²) in [5.74, 6) is 0. The largest absolute Gasteiger partial charge is 0.386 e. The van der Waals surface area contributed by atoms with Gasteiger partial charge in [0.2, 0.25) is 0 Å². The quantitative estimate of drug-likeness (QED) is 0.874. The lowest BCUT2D eigenvalue weighted by atomic mass is 9.92. The zero-order valence-corrected chi connectivity index (χ0v) is 10.4. The van der Waals surface area contributed by atoms with Crippen molar-refractivity contribution in [3.05, 3.63) is 33.3 Å². The maximum absolute atomic E-state index is 9.93. The SMILES string of the molecule is CC(C)(N)C(O)c1cc(Br)ccc1Cl. The van der Waals surface area contributed by atoms with E-state index in [1.54, 1.807) is 26.0 Å². The Labute approximate surface area is 97.2 Å². The second-order valence-electron chi connectivity index (χ2n) is 3.89. The van der Waals surface area contributed by atoms with Crippen molar-refractivity contribution in [3.8, 4) is 0 Å². The number of benzene rings is 1. The molecule has 0 bridgehead atoms. The van der Waals surface area contributed by atoms with Gasteiger partial charge in [-0.25, -0.2) is 0 Å². The van der Waals surface area contributed by atoms with Crippen molar-refractivity contribution in [1.82, 2.24) is 0 Å². The maximum Gasteiger partial charge on any atom is 0.0978 e. The van der Waals surface area contributed by atoms with Crippen molar-refractivity contribution in [2.75, 3.05) is 0 Å². The first-order valence-electron chi connectivity index (χ1n) is 4.24. The van der Waals surface area contributed by atoms with Crippen molar-refractivity contribution in [1.29, 1.82) is 0 Å². The third kappa shape index (κ3) is 2.70. The average molecular weight is 279 g/mol. The van der Waals surface area contributed by atoms with Crippen LogP contribution in [0.5, 0.6) is 0 Å². The molecule has 1 unspecified atom stereocenters. The molecule has 1 aromatic rings. The fourth-order valence-electron chi connectivity index (χ4n) is 1.12. The van der Waals surface area contributed by atoms with Crippen LogP contribution in [0.2, 0.25) is 5.02 Å². The summed E-state index contributed by atoms with van der Waals surface area (Å²) in [5.41, 5.74) is 5.75. The highest BCUT2D eigenvalue weighted by atomic mass is 79.9. The van der Waals surface area contributed by atoms with Crippen LogP contribution in [0.1, 0.15) is 25.5 Å². The summed E-state index contributed by atoms with van der Waals surface area (Å²) in [5, 5.41) is 10.5. The van der Waals surface area contributed by atoms with E-state index in [0.29, 0.717) is 10.6 Å². The van der Waals surface area contributed by atoms with Gasteiger partial charge in [-0.15, -0.1) is 0 Å². The summed E-state index contributed by atoms with van der Waals surface area (Å²) in [4.78, 5) is 0. The molecule has 14 heavy (non-hydrogen) atoms. The molecule has 2 nitrogen and oxygen atoms in total. The van der Waals surface area contributed by atoms with Gasteiger partial charge in [0.05, 0.1) is 6.10 Å². The van der Waals surface area contributed by atoms with Crippen molar-refractivity contribution in [3.63, 3.8) is 0 Å². The Morgan fingerprint density at radius 2 is 2.07 bits per heavy atom. The number of hydrogen-bond donors (Lipinski definition) is 2. The Hall–Kier alpha value is -0.0900. The number of halogens is 2. The highest BCUT2D eigenvalue weighted by Crippen LogP contribution is 2.31. The first-order valence-corrected chi connectivity index (χ1v) is 5.41. The summed E-state index contributed by atoms with van der Waals surface area (Å²) in [6, 6.07) is 5.33. The maximum atomic E-state index is 9.93. The van der Waals surface area contributed by atoms with Gasteiger partial charge >= 0.3 is 0 Å². The molecule has 3 N–H and O–H groups in total. The lowest BCUT2D eigenvalue weighted by molar-refractivity contribution is 0.105. The first kappa shape index (κ1) is 12.0. The number of rotatable bonds is 2. The van der Waals surface area contributed by atoms with Crippen LogP contribution in [-0.4, -0.2) is 10.6 Å². The minimum absolute atomic E-state index is 0.527. The Morgan fingerprint density at radius 1 is 1.50 bits per heavy atom. The molecule has 0 amide bonds. The Morgan fingerprint density at radius 3 is 2.57 bits per heavy atom. The molecule has 0 heterocycles. The van der Waals surface area contributed by atoms with Gasteiger partial charge in [-0.1, -0.05) is 27.5 Å². The van der Waals surface area contributed by atoms with Crippen molar-refractivity contribution in [2.24, 2.45) is 5.73 Å². The minimum atomic E-state index is -0.771. The molecule has 0 saturated carbocycles. The predicted octanol–water partition coefficient (Wildman–Crippen LogP) is 2.87. The second kappa shape index (κ2) is 4.19. The Kier molecular flexibility index (Phi) is 3.58. The highest BCUT2D eigenvalue weighted by molar-refractivity contribution is 9.10. The molecule has 1 aromatic carbocycles. The van der Waals surface area contributed by atoms with Gasteiger partial charge in [0.25, 0.3) is 0 Å². The van der Waals surface area contributed by atoms with Crippen molar-refractivity contribution in [2.45, 2.75) is 25.5 Å². The van der Waals surface area contributed by atoms with Crippen LogP contribution in [0.25, 0.3) is 0 Å². The predicted molar refractivity (Wildman–Crippen MR) is 62.4 cm³/mol. The molecule has 0 spiro atoms. The number of nitrogens with two attached hydrogens (primary N) is 1. The molecule has 0 aliphatic rings. The lowest BCUT2D eigenvalue weighted by Gasteiger charge is -2.26. The van der Waals surface area contributed by atoms with Gasteiger partial charge in [-0.3, -0.25) is 0 Å². The molecule has 0 aliphatic carbocycles. The van der Waals surface area contributed by atoms with E-state index in [9.17, 15) is 5.11 Å². The summed E-state index contributed by atoms with van der Waals surface area (Å²) >= 11 is 9.28. The zero-order chi connectivity index (χ0) is 10.9. The summed E-state index contributed by atoms with van der Waals surface area (Å²) < 4.78 is 0.875. The standard InChI is InChI=1S/C10H13BrClNO/c1-10(2,13)9(14)7-5-6(11)3-4-8(7)12/h3-5,9,14H,13H2,1-2H3. The van der Waals surface area contributed by atoms with Crippen molar-refractivity contribution >= 4 is 27.5 Å². The second-order valence-corrected chi connectivity index (χ2v) is 5.21. The molecule has 78 valence electrons. The normalized spacial score (nSPS) is 14.1. The fourth-order valence-corrected chi connectivity index (χ4v) is 1.72. The van der Waals surface area contributed by atoms with E-state index < -0.39 is 11.6 Å². The monoisotopic (exact) mass is 277 g/mol. The Bertz CT molecular complexity index is 335. The minimum Gasteiger partial charge on any atom is -0.386 e. The van der Waals surface area contributed by atoms with E-state index in [-0.39, 0.29) is 0 Å². The average Bonchev–Trinajstić information content (AvgIpc) is 2.06. The summed E-state index contributed by atoms with van der Waals surface area (Å²) in [7, 11) is 0. The van der Waals surface area contributed by atoms with Gasteiger partial charge < -0.3 is 10.8 Å². The number of hydrogen-bond acceptors (Lipinski definition) is 2. The molecular formula is C10H13BrClNO. The molecular weight excluding hydrogens is 265 g/mol. The summed E-state index contributed by atoms with van der Waals surface area (Å²) in [6.07, 6.45) is -0.771. The van der Waals surface area contributed by atoms with E-state index in [1.165, 1.54) is 0 Å². The van der Waals surface area contributed by atoms with Gasteiger partial charge in [-0.05, 0) is 32.0 Å². The van der Waals surface area contributed by atoms with E-state index >= 15 is 0 Å². The first-order chi connectivity index (χ1) is 6.32. The van der Waals surface area contributed by atoms with Crippen LogP contribution in [0.4, 0.5) is 0 Å². The summed E-state index contributed by atoms with van der Waals surface area (Å²) in [6.45, 7) is 3.52. The zero-order valence-electron chi connectivity index (χ0n) is 8.09. The van der Waals surface area contributed by atoms with E-state index in [0.717, 1.165) is 4.47 Å². The molecule has 1 rings (SSSR count). The topological polar surface area (TPSA) is 46.2 Å². The Balaban J connectivity index is 3.12. The van der Waals surface area contributed by atoms with Gasteiger partial charge in [-0.2, -0.15) is 0 Å². The number of aliphatic hydroxyl groups excluding tert-OH is 1. The van der Waals surface area contributed by atoms with Gasteiger partial charge in [0.1, 0.15) is 0 Å². The molecule has 0 aliphatic heterocycles. The smallest absolute Gasteiger partial charge is 0.0978 e. The molecule has 1 atom stereocenters. The highest BCUT2D eigenvalue weighted by Gasteiger charge is 2.26. The van der Waals surface area contributed by atoms with E-state index in [4.69, 9.17) is 17.3 Å². The van der Waals surface area contributed by atoms with Crippen LogP contribution >= 0.6 is 27.5 Å². The molecule has 0 aromatic heterocycles. The van der Waals surface area contributed by atoms with E-state index in [1.807, 2.05) is 6.07 Å². The van der Waals surface area contributed by atoms with Crippen LogP contribution in [0.15, 0.2) is 22.7 Å². The third-order valence-electron chi connectivity index (χ3n) is 1.96. The molecule has 4 heteroatoms. The van der Waals surface area contributed by atoms with Crippen molar-refractivity contribution < 1.29 is 5.11 Å². The molecule has 0 saturated heterocycles. The number of aliphatic hydroxyl groups is 1. The molecule has 0 radical (unpaired) electrons. The van der Waals surface area contributed by atoms with Crippen LogP contribution in [-0.2, 0) is 0 Å². The van der Waals surface area contributed by atoms with Crippen LogP contribution in [0.3, 0.4) is 0 Å². The lowest BCUT2D eigenvalue weighted by Crippen LogP contribution is -2.39. The van der Waals surface area contributed by atoms with Crippen LogP contribution < -0.4 is 5.73 Å². The van der Waals surface area contributed by atoms with Crippen LogP contribution in [0, 0.1) is 0 Å². The molecule has 0 fully saturated rings. The van der Waals surface area contributed by atoms with E-state index in [2.05, 4.69) is 15.9 Å². The van der Waals surface area contributed by atoms with Gasteiger partial charge in [0.15, 0.2) is 0 Å². The fraction of sp³-hybridized carbons (Fsp3) is 0.400. The third-order valence-corrected chi connectivity index (χ3v) is 2.79. The van der Waals surface area contributed by atoms with Gasteiger partial charge in [0, 0.05) is 20.6 Å².